The van der Waals surface area contributed by atoms with E-state index in [4.69, 9.17) is 62.8 Å². The standard InChI is InChI=1S/2C27H29NO5.2C6H8N2/c2*1-19(2)26(29)32-18-8-4-3-7-17-31-21-13-11-20(12-14-21)27(30)33-25-16-15-24(28)22-9-5-6-10-23(22)25;2*7-5-1-2-6(8)4-3-5/h2*5-6,9-16H,1,3-4,7-8,17-18,28H2,2H3;2*1-4H,7-8H2. The van der Waals surface area contributed by atoms with Gasteiger partial charge in [-0.05, 0) is 187 Å². The van der Waals surface area contributed by atoms with Gasteiger partial charge in [0.25, 0.3) is 0 Å². The molecule has 0 atom stereocenters. The Morgan fingerprint density at radius 2 is 0.646 bits per heavy atom. The molecule has 0 saturated heterocycles. The topological polar surface area (TPSA) is 280 Å². The van der Waals surface area contributed by atoms with E-state index in [2.05, 4.69) is 13.2 Å². The van der Waals surface area contributed by atoms with E-state index in [-0.39, 0.29) is 11.9 Å². The van der Waals surface area contributed by atoms with E-state index in [9.17, 15) is 19.2 Å². The highest BCUT2D eigenvalue weighted by Crippen LogP contribution is 2.32. The highest BCUT2D eigenvalue weighted by Gasteiger charge is 2.14. The minimum atomic E-state index is -0.441. The summed E-state index contributed by atoms with van der Waals surface area (Å²) in [6, 6.07) is 49.9. The van der Waals surface area contributed by atoms with Crippen LogP contribution in [0, 0.1) is 0 Å². The molecule has 0 bridgehead atoms. The number of esters is 4. The van der Waals surface area contributed by atoms with Crippen molar-refractivity contribution in [3.8, 4) is 23.0 Å². The van der Waals surface area contributed by atoms with Crippen LogP contribution < -0.4 is 53.3 Å². The number of benzene rings is 8. The third-order valence-corrected chi connectivity index (χ3v) is 12.1. The maximum atomic E-state index is 12.6. The maximum absolute atomic E-state index is 12.6. The van der Waals surface area contributed by atoms with Crippen LogP contribution in [0.25, 0.3) is 21.5 Å². The minimum absolute atomic E-state index is 0.340. The van der Waals surface area contributed by atoms with Crippen LogP contribution in [0.5, 0.6) is 23.0 Å². The zero-order valence-corrected chi connectivity index (χ0v) is 46.6. The number of carbonyl (C=O) groups is 4. The number of fused-ring (bicyclic) bond motifs is 2. The summed E-state index contributed by atoms with van der Waals surface area (Å²) in [7, 11) is 0. The Kier molecular flexibility index (Phi) is 25.7. The predicted octanol–water partition coefficient (Wildman–Crippen LogP) is 13.1. The lowest BCUT2D eigenvalue weighted by Gasteiger charge is -2.10. The van der Waals surface area contributed by atoms with Gasteiger partial charge in [-0.2, -0.15) is 0 Å². The quantitative estimate of drug-likeness (QED) is 0.0121. The van der Waals surface area contributed by atoms with Crippen LogP contribution >= 0.6 is 0 Å². The van der Waals surface area contributed by atoms with E-state index < -0.39 is 11.9 Å². The number of ether oxygens (including phenoxy) is 6. The van der Waals surface area contributed by atoms with Crippen LogP contribution in [0.1, 0.15) is 85.9 Å². The van der Waals surface area contributed by atoms with Crippen LogP contribution in [0.2, 0.25) is 0 Å². The maximum Gasteiger partial charge on any atom is 0.343 e. The molecule has 0 aromatic heterocycles. The molecule has 0 unspecified atom stereocenters. The second kappa shape index (κ2) is 33.5. The fourth-order valence-electron chi connectivity index (χ4n) is 7.52. The third kappa shape index (κ3) is 21.7. The molecule has 8 aromatic carbocycles. The Morgan fingerprint density at radius 1 is 0.354 bits per heavy atom. The molecule has 0 spiro atoms. The zero-order chi connectivity index (χ0) is 59.2. The van der Waals surface area contributed by atoms with Gasteiger partial charge in [0.15, 0.2) is 0 Å². The average molecular weight is 1110 g/mol. The normalized spacial score (nSPS) is 10.3. The number of unbranched alkanes of at least 4 members (excludes halogenated alkanes) is 6. The monoisotopic (exact) mass is 1110 g/mol. The van der Waals surface area contributed by atoms with E-state index in [0.29, 0.717) is 83.1 Å². The third-order valence-electron chi connectivity index (χ3n) is 12.1. The molecule has 82 heavy (non-hydrogen) atoms. The largest absolute Gasteiger partial charge is 0.494 e. The molecular formula is C66H74N6O10. The van der Waals surface area contributed by atoms with E-state index in [1.54, 1.807) is 135 Å². The summed E-state index contributed by atoms with van der Waals surface area (Å²) in [4.78, 5) is 47.7. The number of nitrogens with two attached hydrogens (primary N) is 6. The van der Waals surface area contributed by atoms with Gasteiger partial charge >= 0.3 is 23.9 Å². The molecule has 0 radical (unpaired) electrons. The van der Waals surface area contributed by atoms with Crippen molar-refractivity contribution < 1.29 is 47.6 Å². The summed E-state index contributed by atoms with van der Waals surface area (Å²) in [5, 5.41) is 3.28. The lowest BCUT2D eigenvalue weighted by molar-refractivity contribution is -0.139. The molecule has 0 saturated carbocycles. The van der Waals surface area contributed by atoms with Gasteiger partial charge in [0.05, 0.1) is 37.6 Å². The van der Waals surface area contributed by atoms with Crippen molar-refractivity contribution in [1.29, 1.82) is 0 Å². The van der Waals surface area contributed by atoms with Gasteiger partial charge in [-0.15, -0.1) is 0 Å². The Balaban J connectivity index is 0.000000236. The van der Waals surface area contributed by atoms with Gasteiger partial charge in [0, 0.05) is 66.8 Å². The molecule has 12 N–H and O–H groups in total. The van der Waals surface area contributed by atoms with Crippen LogP contribution in [0.15, 0.2) is 194 Å². The number of hydrogen-bond donors (Lipinski definition) is 6. The molecule has 0 heterocycles. The highest BCUT2D eigenvalue weighted by molar-refractivity contribution is 6.01. The van der Waals surface area contributed by atoms with Gasteiger partial charge in [-0.3, -0.25) is 0 Å². The van der Waals surface area contributed by atoms with Crippen molar-refractivity contribution >= 4 is 79.5 Å². The second-order valence-corrected chi connectivity index (χ2v) is 18.9. The number of anilines is 6. The molecular weight excluding hydrogens is 1040 g/mol. The molecule has 428 valence electrons. The van der Waals surface area contributed by atoms with Crippen molar-refractivity contribution in [1.82, 2.24) is 0 Å². The summed E-state index contributed by atoms with van der Waals surface area (Å²) < 4.78 is 32.8. The van der Waals surface area contributed by atoms with Gasteiger partial charge in [-0.1, -0.05) is 61.7 Å². The van der Waals surface area contributed by atoms with Crippen molar-refractivity contribution in [2.24, 2.45) is 0 Å². The van der Waals surface area contributed by atoms with Gasteiger partial charge in [-0.25, -0.2) is 19.2 Å². The lowest BCUT2D eigenvalue weighted by Crippen LogP contribution is -2.09. The smallest absolute Gasteiger partial charge is 0.343 e. The summed E-state index contributed by atoms with van der Waals surface area (Å²) in [6.45, 7) is 12.3. The predicted molar refractivity (Wildman–Crippen MR) is 330 cm³/mol. The Bertz CT molecular complexity index is 3080. The number of hydrogen-bond acceptors (Lipinski definition) is 16. The molecule has 8 rings (SSSR count). The van der Waals surface area contributed by atoms with E-state index in [0.717, 1.165) is 95.7 Å². The van der Waals surface area contributed by atoms with Gasteiger partial charge < -0.3 is 62.8 Å². The Labute approximate surface area is 479 Å². The van der Waals surface area contributed by atoms with Crippen LogP contribution in [0.4, 0.5) is 34.1 Å². The van der Waals surface area contributed by atoms with Crippen LogP contribution in [-0.4, -0.2) is 50.3 Å². The molecule has 0 fully saturated rings. The van der Waals surface area contributed by atoms with Crippen LogP contribution in [-0.2, 0) is 19.1 Å². The van der Waals surface area contributed by atoms with E-state index in [1.807, 2.05) is 48.5 Å². The molecule has 0 aliphatic carbocycles. The summed E-state index contributed by atoms with van der Waals surface area (Å²) >= 11 is 0. The highest BCUT2D eigenvalue weighted by atomic mass is 16.5. The summed E-state index contributed by atoms with van der Waals surface area (Å²) in [5.74, 6) is 0.770. The lowest BCUT2D eigenvalue weighted by atomic mass is 10.1. The molecule has 8 aromatic rings. The van der Waals surface area contributed by atoms with E-state index in [1.165, 1.54) is 0 Å². The Hall–Kier alpha value is -9.96. The Morgan fingerprint density at radius 3 is 0.951 bits per heavy atom. The fourth-order valence-corrected chi connectivity index (χ4v) is 7.52. The first kappa shape index (κ1) is 62.9. The molecule has 0 amide bonds. The van der Waals surface area contributed by atoms with Crippen LogP contribution in [0.3, 0.4) is 0 Å². The minimum Gasteiger partial charge on any atom is -0.494 e. The molecule has 16 nitrogen and oxygen atoms in total. The number of nitrogen functional groups attached to an aromatic ring is 6. The van der Waals surface area contributed by atoms with Crippen molar-refractivity contribution in [3.63, 3.8) is 0 Å². The van der Waals surface area contributed by atoms with E-state index >= 15 is 0 Å². The first-order valence-electron chi connectivity index (χ1n) is 26.8. The average Bonchev–Trinajstić information content (AvgIpc) is 3.60. The van der Waals surface area contributed by atoms with Crippen molar-refractivity contribution in [2.45, 2.75) is 65.2 Å². The summed E-state index contributed by atoms with van der Waals surface area (Å²) in [5.41, 5.74) is 39.5. The summed E-state index contributed by atoms with van der Waals surface area (Å²) in [6.07, 6.45) is 7.28. The molecule has 0 aliphatic rings. The van der Waals surface area contributed by atoms with Gasteiger partial charge in [0.1, 0.15) is 23.0 Å². The fraction of sp³-hybridized carbons (Fsp3) is 0.212. The SMILES string of the molecule is C=C(C)C(=O)OCCCCCCOc1ccc(C(=O)Oc2ccc(N)c3ccccc23)cc1.C=C(C)C(=O)OCCCCCCOc1ccc(C(=O)Oc2ccc(N)c3ccccc23)cc1.Nc1ccc(N)cc1.Nc1ccc(N)cc1. The van der Waals surface area contributed by atoms with Crippen molar-refractivity contribution in [2.75, 3.05) is 60.8 Å². The number of rotatable bonds is 22. The second-order valence-electron chi connectivity index (χ2n) is 18.9. The van der Waals surface area contributed by atoms with Gasteiger partial charge in [0.2, 0.25) is 0 Å². The molecule has 0 aliphatic heterocycles. The first-order valence-corrected chi connectivity index (χ1v) is 26.8. The van der Waals surface area contributed by atoms with Crippen molar-refractivity contribution in [3.05, 3.63) is 205 Å². The number of carbonyl (C=O) groups excluding carboxylic acids is 4. The molecule has 16 heteroatoms. The zero-order valence-electron chi connectivity index (χ0n) is 46.6. The first-order chi connectivity index (χ1) is 39.5.